The van der Waals surface area contributed by atoms with Gasteiger partial charge in [-0.2, -0.15) is 0 Å². The highest BCUT2D eigenvalue weighted by atomic mass is 28.4. The zero-order valence-electron chi connectivity index (χ0n) is 16.0. The highest BCUT2D eigenvalue weighted by Crippen LogP contribution is 2.15. The van der Waals surface area contributed by atoms with Gasteiger partial charge in [-0.05, 0) is 51.5 Å². The first-order chi connectivity index (χ1) is 10.6. The highest BCUT2D eigenvalue weighted by Gasteiger charge is 2.27. The molecule has 22 heavy (non-hydrogen) atoms. The van der Waals surface area contributed by atoms with Crippen LogP contribution in [0, 0.1) is 0 Å². The molecule has 3 nitrogen and oxygen atoms in total. The first kappa shape index (κ1) is 22.1. The Morgan fingerprint density at radius 1 is 0.682 bits per heavy atom. The normalized spacial score (nSPS) is 12.3. The zero-order valence-corrected chi connectivity index (χ0v) is 17.0. The van der Waals surface area contributed by atoms with Crippen LogP contribution in [0.3, 0.4) is 0 Å². The predicted octanol–water partition coefficient (Wildman–Crippen LogP) is 5.20. The average Bonchev–Trinajstić information content (AvgIpc) is 2.54. The van der Waals surface area contributed by atoms with Crippen LogP contribution in [0.2, 0.25) is 12.6 Å². The quantitative estimate of drug-likeness (QED) is 0.286. The summed E-state index contributed by atoms with van der Waals surface area (Å²) >= 11 is 0. The van der Waals surface area contributed by atoms with Gasteiger partial charge in [0.05, 0.1) is 0 Å². The van der Waals surface area contributed by atoms with Crippen LogP contribution >= 0.6 is 0 Å². The lowest BCUT2D eigenvalue weighted by Crippen LogP contribution is -2.37. The molecule has 0 unspecified atom stereocenters. The second-order valence-electron chi connectivity index (χ2n) is 6.61. The molecule has 134 valence electrons. The van der Waals surface area contributed by atoms with E-state index in [0.717, 1.165) is 6.04 Å². The Balaban J connectivity index is 4.03. The summed E-state index contributed by atoms with van der Waals surface area (Å²) in [6.45, 7) is 10.5. The van der Waals surface area contributed by atoms with Gasteiger partial charge in [-0.3, -0.25) is 0 Å². The molecular formula is C18H41NO2Si. The van der Waals surface area contributed by atoms with Crippen LogP contribution in [-0.2, 0) is 8.85 Å². The molecule has 0 saturated carbocycles. The van der Waals surface area contributed by atoms with E-state index in [2.05, 4.69) is 25.3 Å². The lowest BCUT2D eigenvalue weighted by Gasteiger charge is -2.26. The zero-order chi connectivity index (χ0) is 16.7. The van der Waals surface area contributed by atoms with E-state index in [1.165, 1.54) is 77.4 Å². The number of nitrogens with zero attached hydrogens (tertiary/aromatic N) is 1. The molecule has 0 bridgehead atoms. The number of hydrogen-bond acceptors (Lipinski definition) is 3. The lowest BCUT2D eigenvalue weighted by atomic mass is 10.1. The summed E-state index contributed by atoms with van der Waals surface area (Å²) < 4.78 is 11.2. The van der Waals surface area contributed by atoms with Gasteiger partial charge < -0.3 is 13.8 Å². The Kier molecular flexibility index (Phi) is 14.7. The number of unbranched alkanes of at least 4 members (excludes halogenated alkanes) is 6. The molecule has 0 heterocycles. The van der Waals surface area contributed by atoms with Crippen molar-refractivity contribution in [3.8, 4) is 0 Å². The van der Waals surface area contributed by atoms with Gasteiger partial charge in [-0.25, -0.2) is 0 Å². The van der Waals surface area contributed by atoms with Crippen molar-refractivity contribution in [1.82, 2.24) is 4.90 Å². The fourth-order valence-electron chi connectivity index (χ4n) is 2.77. The molecule has 4 heteroatoms. The van der Waals surface area contributed by atoms with E-state index in [1.807, 2.05) is 0 Å². The molecule has 0 aliphatic rings. The first-order valence-electron chi connectivity index (χ1n) is 9.44. The minimum atomic E-state index is -1.88. The predicted molar refractivity (Wildman–Crippen MR) is 99.8 cm³/mol. The molecule has 0 spiro atoms. The minimum absolute atomic E-state index is 1.10. The van der Waals surface area contributed by atoms with Crippen molar-refractivity contribution < 1.29 is 8.85 Å². The molecule has 0 fully saturated rings. The van der Waals surface area contributed by atoms with Gasteiger partial charge in [0.25, 0.3) is 0 Å². The fraction of sp³-hybridized carbons (Fsp3) is 1.00. The van der Waals surface area contributed by atoms with Crippen LogP contribution < -0.4 is 0 Å². The van der Waals surface area contributed by atoms with Gasteiger partial charge in [0.1, 0.15) is 0 Å². The summed E-state index contributed by atoms with van der Waals surface area (Å²) in [7, 11) is 1.71. The van der Waals surface area contributed by atoms with Crippen molar-refractivity contribution in [2.75, 3.05) is 33.9 Å². The molecule has 0 saturated heterocycles. The third-order valence-electron chi connectivity index (χ3n) is 4.62. The standard InChI is InChI=1S/C18H41NO2Si/c1-6-8-10-12-15-19(16-13-11-9-7-2)17-14-18-22(5,20-3)21-4/h6-18H2,1-5H3. The van der Waals surface area contributed by atoms with Crippen molar-refractivity contribution >= 4 is 8.56 Å². The molecule has 0 N–H and O–H groups in total. The number of hydrogen-bond donors (Lipinski definition) is 0. The maximum absolute atomic E-state index is 5.59. The minimum Gasteiger partial charge on any atom is -0.398 e. The molecule has 0 aromatic rings. The van der Waals surface area contributed by atoms with Crippen molar-refractivity contribution in [3.63, 3.8) is 0 Å². The monoisotopic (exact) mass is 331 g/mol. The van der Waals surface area contributed by atoms with Crippen LogP contribution in [0.5, 0.6) is 0 Å². The van der Waals surface area contributed by atoms with E-state index >= 15 is 0 Å². The van der Waals surface area contributed by atoms with Gasteiger partial charge >= 0.3 is 8.56 Å². The molecule has 0 rings (SSSR count). The van der Waals surface area contributed by atoms with Gasteiger partial charge in [0.15, 0.2) is 0 Å². The fourth-order valence-corrected chi connectivity index (χ4v) is 4.15. The second-order valence-corrected chi connectivity index (χ2v) is 10.2. The summed E-state index contributed by atoms with van der Waals surface area (Å²) in [4.78, 5) is 2.67. The Bertz CT molecular complexity index is 223. The maximum Gasteiger partial charge on any atom is 0.334 e. The SMILES string of the molecule is CCCCCCN(CCCCCC)CCC[Si](C)(OC)OC. The van der Waals surface area contributed by atoms with E-state index < -0.39 is 8.56 Å². The first-order valence-corrected chi connectivity index (χ1v) is 12.0. The van der Waals surface area contributed by atoms with Crippen LogP contribution in [0.25, 0.3) is 0 Å². The van der Waals surface area contributed by atoms with Crippen LogP contribution in [0.1, 0.15) is 71.6 Å². The van der Waals surface area contributed by atoms with Gasteiger partial charge in [-0.1, -0.05) is 52.4 Å². The van der Waals surface area contributed by atoms with Gasteiger partial charge in [0.2, 0.25) is 0 Å². The molecule has 0 aliphatic heterocycles. The molecular weight excluding hydrogens is 290 g/mol. The third-order valence-corrected chi connectivity index (χ3v) is 7.61. The van der Waals surface area contributed by atoms with Crippen molar-refractivity contribution in [2.45, 2.75) is 84.2 Å². The van der Waals surface area contributed by atoms with E-state index in [4.69, 9.17) is 8.85 Å². The van der Waals surface area contributed by atoms with Crippen molar-refractivity contribution in [2.24, 2.45) is 0 Å². The van der Waals surface area contributed by atoms with Crippen molar-refractivity contribution in [1.29, 1.82) is 0 Å². The number of rotatable bonds is 16. The molecule has 0 atom stereocenters. The van der Waals surface area contributed by atoms with Crippen LogP contribution in [0.4, 0.5) is 0 Å². The lowest BCUT2D eigenvalue weighted by molar-refractivity contribution is 0.234. The third kappa shape index (κ3) is 11.6. The van der Waals surface area contributed by atoms with E-state index in [-0.39, 0.29) is 0 Å². The molecule has 0 aromatic carbocycles. The highest BCUT2D eigenvalue weighted by molar-refractivity contribution is 6.65. The Morgan fingerprint density at radius 2 is 1.14 bits per heavy atom. The molecule has 0 amide bonds. The molecule has 0 aromatic heterocycles. The van der Waals surface area contributed by atoms with Gasteiger partial charge in [-0.15, -0.1) is 0 Å². The smallest absolute Gasteiger partial charge is 0.334 e. The molecule has 0 radical (unpaired) electrons. The Morgan fingerprint density at radius 3 is 1.55 bits per heavy atom. The summed E-state index contributed by atoms with van der Waals surface area (Å²) in [5, 5.41) is 0. The van der Waals surface area contributed by atoms with Crippen LogP contribution in [-0.4, -0.2) is 47.3 Å². The second kappa shape index (κ2) is 14.7. The van der Waals surface area contributed by atoms with E-state index in [1.54, 1.807) is 14.2 Å². The molecule has 0 aliphatic carbocycles. The van der Waals surface area contributed by atoms with E-state index in [0.29, 0.717) is 0 Å². The topological polar surface area (TPSA) is 21.7 Å². The Labute approximate surface area is 141 Å². The summed E-state index contributed by atoms with van der Waals surface area (Å²) in [5.41, 5.74) is 0. The largest absolute Gasteiger partial charge is 0.398 e. The van der Waals surface area contributed by atoms with Crippen LogP contribution in [0.15, 0.2) is 0 Å². The summed E-state index contributed by atoms with van der Waals surface area (Å²) in [6, 6.07) is 1.10. The maximum atomic E-state index is 5.59. The van der Waals surface area contributed by atoms with E-state index in [9.17, 15) is 0 Å². The van der Waals surface area contributed by atoms with Crippen molar-refractivity contribution in [3.05, 3.63) is 0 Å². The average molecular weight is 332 g/mol. The Hall–Kier alpha value is 0.0969. The summed E-state index contributed by atoms with van der Waals surface area (Å²) in [5.74, 6) is 0. The van der Waals surface area contributed by atoms with Gasteiger partial charge in [0, 0.05) is 14.2 Å². The summed E-state index contributed by atoms with van der Waals surface area (Å²) in [6.07, 6.45) is 12.1.